The second kappa shape index (κ2) is 6.17. The van der Waals surface area contributed by atoms with Gasteiger partial charge in [0.2, 0.25) is 5.91 Å². The average molecular weight is 315 g/mol. The van der Waals surface area contributed by atoms with Gasteiger partial charge in [0.15, 0.2) is 0 Å². The van der Waals surface area contributed by atoms with Crippen molar-refractivity contribution in [1.82, 2.24) is 5.48 Å². The van der Waals surface area contributed by atoms with Crippen LogP contribution >= 0.6 is 15.9 Å². The van der Waals surface area contributed by atoms with Crippen LogP contribution in [0.15, 0.2) is 22.7 Å². The Bertz CT molecular complexity index is 439. The molecule has 1 aromatic rings. The third-order valence-electron chi connectivity index (χ3n) is 2.69. The van der Waals surface area contributed by atoms with Gasteiger partial charge in [-0.25, -0.2) is 0 Å². The fourth-order valence-corrected chi connectivity index (χ4v) is 2.22. The van der Waals surface area contributed by atoms with E-state index < -0.39 is 5.91 Å². The summed E-state index contributed by atoms with van der Waals surface area (Å²) in [5, 5.41) is 0. The Morgan fingerprint density at radius 3 is 3.22 bits per heavy atom. The predicted octanol–water partition coefficient (Wildman–Crippen LogP) is 1.67. The maximum atomic E-state index is 10.6. The van der Waals surface area contributed by atoms with Gasteiger partial charge in [-0.05, 0) is 25.0 Å². The lowest BCUT2D eigenvalue weighted by atomic mass is 10.0. The SMILES string of the molecule is NC(=O)CONC1CCCOc2cc(Br)ccc21. The summed E-state index contributed by atoms with van der Waals surface area (Å²) in [6.45, 7) is 0.542. The van der Waals surface area contributed by atoms with E-state index in [1.165, 1.54) is 0 Å². The van der Waals surface area contributed by atoms with Crippen molar-refractivity contribution in [3.8, 4) is 5.75 Å². The highest BCUT2D eigenvalue weighted by molar-refractivity contribution is 9.10. The molecule has 5 nitrogen and oxygen atoms in total. The Balaban J connectivity index is 2.09. The van der Waals surface area contributed by atoms with Crippen molar-refractivity contribution in [2.24, 2.45) is 5.73 Å². The molecule has 18 heavy (non-hydrogen) atoms. The Kier molecular flexibility index (Phi) is 4.57. The molecule has 0 saturated carbocycles. The van der Waals surface area contributed by atoms with Gasteiger partial charge in [0.05, 0.1) is 12.6 Å². The zero-order chi connectivity index (χ0) is 13.0. The lowest BCUT2D eigenvalue weighted by Crippen LogP contribution is -2.27. The van der Waals surface area contributed by atoms with Crippen LogP contribution in [0, 0.1) is 0 Å². The number of fused-ring (bicyclic) bond motifs is 1. The molecule has 0 spiro atoms. The zero-order valence-electron chi connectivity index (χ0n) is 9.82. The highest BCUT2D eigenvalue weighted by Crippen LogP contribution is 2.33. The fourth-order valence-electron chi connectivity index (χ4n) is 1.88. The van der Waals surface area contributed by atoms with Gasteiger partial charge in [0.25, 0.3) is 0 Å². The van der Waals surface area contributed by atoms with Crippen LogP contribution in [0.3, 0.4) is 0 Å². The smallest absolute Gasteiger partial charge is 0.245 e. The van der Waals surface area contributed by atoms with Crippen LogP contribution in [0.25, 0.3) is 0 Å². The Morgan fingerprint density at radius 2 is 2.44 bits per heavy atom. The van der Waals surface area contributed by atoms with Crippen LogP contribution in [-0.2, 0) is 9.63 Å². The summed E-state index contributed by atoms with van der Waals surface area (Å²) in [5.41, 5.74) is 8.92. The summed E-state index contributed by atoms with van der Waals surface area (Å²) in [6, 6.07) is 5.88. The number of ether oxygens (including phenoxy) is 1. The van der Waals surface area contributed by atoms with E-state index in [0.29, 0.717) is 6.61 Å². The van der Waals surface area contributed by atoms with E-state index in [-0.39, 0.29) is 12.6 Å². The van der Waals surface area contributed by atoms with E-state index in [0.717, 1.165) is 28.6 Å². The minimum atomic E-state index is -0.497. The number of nitrogens with two attached hydrogens (primary N) is 1. The molecule has 3 N–H and O–H groups in total. The molecule has 1 aromatic carbocycles. The first-order valence-corrected chi connectivity index (χ1v) is 6.54. The summed E-state index contributed by atoms with van der Waals surface area (Å²) in [5.74, 6) is 0.338. The van der Waals surface area contributed by atoms with Gasteiger partial charge in [-0.2, -0.15) is 5.48 Å². The molecular weight excluding hydrogens is 300 g/mol. The second-order valence-corrected chi connectivity index (χ2v) is 5.01. The number of nitrogens with one attached hydrogen (secondary N) is 1. The van der Waals surface area contributed by atoms with Crippen LogP contribution in [0.1, 0.15) is 24.4 Å². The molecule has 1 amide bonds. The maximum Gasteiger partial charge on any atom is 0.245 e. The van der Waals surface area contributed by atoms with Crippen LogP contribution in [-0.4, -0.2) is 19.1 Å². The van der Waals surface area contributed by atoms with E-state index >= 15 is 0 Å². The summed E-state index contributed by atoms with van der Waals surface area (Å²) in [6.07, 6.45) is 1.80. The summed E-state index contributed by atoms with van der Waals surface area (Å²) < 4.78 is 6.64. The summed E-state index contributed by atoms with van der Waals surface area (Å²) in [4.78, 5) is 15.7. The maximum absolute atomic E-state index is 10.6. The van der Waals surface area contributed by atoms with E-state index in [1.54, 1.807) is 0 Å². The predicted molar refractivity (Wildman–Crippen MR) is 69.9 cm³/mol. The Hall–Kier alpha value is -1.11. The molecule has 0 radical (unpaired) electrons. The van der Waals surface area contributed by atoms with Gasteiger partial charge in [0.1, 0.15) is 12.4 Å². The monoisotopic (exact) mass is 314 g/mol. The number of rotatable bonds is 4. The normalized spacial score (nSPS) is 18.6. The molecule has 98 valence electrons. The van der Waals surface area contributed by atoms with Crippen molar-refractivity contribution >= 4 is 21.8 Å². The molecule has 0 saturated heterocycles. The van der Waals surface area contributed by atoms with Gasteiger partial charge in [-0.1, -0.05) is 22.0 Å². The van der Waals surface area contributed by atoms with Crippen molar-refractivity contribution in [2.45, 2.75) is 18.9 Å². The lowest BCUT2D eigenvalue weighted by molar-refractivity contribution is -0.126. The first kappa shape index (κ1) is 13.3. The summed E-state index contributed by atoms with van der Waals surface area (Å²) >= 11 is 3.41. The van der Waals surface area contributed by atoms with Gasteiger partial charge in [-0.15, -0.1) is 0 Å². The highest BCUT2D eigenvalue weighted by atomic mass is 79.9. The van der Waals surface area contributed by atoms with Crippen molar-refractivity contribution in [3.05, 3.63) is 28.2 Å². The van der Waals surface area contributed by atoms with Gasteiger partial charge >= 0.3 is 0 Å². The number of amides is 1. The molecule has 0 bridgehead atoms. The van der Waals surface area contributed by atoms with Crippen LogP contribution in [0.4, 0.5) is 0 Å². The van der Waals surface area contributed by atoms with Gasteiger partial charge in [0, 0.05) is 10.0 Å². The molecule has 1 aliphatic heterocycles. The molecular formula is C12H15BrN2O3. The van der Waals surface area contributed by atoms with Gasteiger partial charge in [-0.3, -0.25) is 9.63 Å². The molecule has 6 heteroatoms. The fraction of sp³-hybridized carbons (Fsp3) is 0.417. The van der Waals surface area contributed by atoms with E-state index in [1.807, 2.05) is 18.2 Å². The number of carbonyl (C=O) groups excluding carboxylic acids is 1. The van der Waals surface area contributed by atoms with Crippen LogP contribution in [0.2, 0.25) is 0 Å². The topological polar surface area (TPSA) is 73.6 Å². The summed E-state index contributed by atoms with van der Waals surface area (Å²) in [7, 11) is 0. The van der Waals surface area contributed by atoms with Crippen molar-refractivity contribution in [2.75, 3.05) is 13.2 Å². The number of carbonyl (C=O) groups is 1. The molecule has 1 unspecified atom stereocenters. The second-order valence-electron chi connectivity index (χ2n) is 4.10. The molecule has 2 rings (SSSR count). The zero-order valence-corrected chi connectivity index (χ0v) is 11.4. The number of primary amides is 1. The van der Waals surface area contributed by atoms with Crippen LogP contribution in [0.5, 0.6) is 5.75 Å². The van der Waals surface area contributed by atoms with Crippen LogP contribution < -0.4 is 16.0 Å². The molecule has 0 aliphatic carbocycles. The molecule has 0 fully saturated rings. The van der Waals surface area contributed by atoms with Crippen molar-refractivity contribution in [1.29, 1.82) is 0 Å². The molecule has 1 heterocycles. The third kappa shape index (κ3) is 3.44. The quantitative estimate of drug-likeness (QED) is 0.829. The first-order valence-electron chi connectivity index (χ1n) is 5.74. The Labute approximate surface area is 114 Å². The standard InChI is InChI=1S/C12H15BrN2O3/c13-8-3-4-9-10(15-18-7-12(14)16)2-1-5-17-11(9)6-8/h3-4,6,10,15H,1-2,5,7H2,(H2,14,16). The molecule has 0 aromatic heterocycles. The van der Waals surface area contributed by atoms with Crippen molar-refractivity contribution in [3.63, 3.8) is 0 Å². The van der Waals surface area contributed by atoms with E-state index in [2.05, 4.69) is 21.4 Å². The average Bonchev–Trinajstić information content (AvgIpc) is 2.51. The number of hydrogen-bond acceptors (Lipinski definition) is 4. The number of hydrogen-bond donors (Lipinski definition) is 2. The minimum absolute atomic E-state index is 0.00921. The molecule has 1 aliphatic rings. The number of halogens is 1. The number of benzene rings is 1. The van der Waals surface area contributed by atoms with E-state index in [9.17, 15) is 4.79 Å². The first-order chi connectivity index (χ1) is 8.66. The largest absolute Gasteiger partial charge is 0.493 e. The lowest BCUT2D eigenvalue weighted by Gasteiger charge is -2.17. The minimum Gasteiger partial charge on any atom is -0.493 e. The Morgan fingerprint density at radius 1 is 1.61 bits per heavy atom. The molecule has 1 atom stereocenters. The van der Waals surface area contributed by atoms with E-state index in [4.69, 9.17) is 15.3 Å². The third-order valence-corrected chi connectivity index (χ3v) is 3.18. The highest BCUT2D eigenvalue weighted by Gasteiger charge is 2.20. The number of hydroxylamine groups is 1. The van der Waals surface area contributed by atoms with Crippen molar-refractivity contribution < 1.29 is 14.4 Å². The van der Waals surface area contributed by atoms with Gasteiger partial charge < -0.3 is 10.5 Å².